The highest BCUT2D eigenvalue weighted by Crippen LogP contribution is 2.30. The average Bonchev–Trinajstić information content (AvgIpc) is 2.97. The highest BCUT2D eigenvalue weighted by Gasteiger charge is 2.31. The molecule has 3 N–H and O–H groups in total. The van der Waals surface area contributed by atoms with E-state index in [0.29, 0.717) is 13.0 Å². The lowest BCUT2D eigenvalue weighted by Crippen LogP contribution is -2.41. The summed E-state index contributed by atoms with van der Waals surface area (Å²) in [6.07, 6.45) is 2.12. The molecule has 0 aromatic heterocycles. The van der Waals surface area contributed by atoms with E-state index in [1.165, 1.54) is 11.1 Å². The molecular formula is C14H18N2O2. The summed E-state index contributed by atoms with van der Waals surface area (Å²) in [5.74, 6) is 0.00764. The molecule has 0 radical (unpaired) electrons. The molecule has 0 bridgehead atoms. The molecule has 1 fully saturated rings. The lowest BCUT2D eigenvalue weighted by molar-refractivity contribution is -0.123. The van der Waals surface area contributed by atoms with Gasteiger partial charge < -0.3 is 15.7 Å². The van der Waals surface area contributed by atoms with E-state index in [-0.39, 0.29) is 18.0 Å². The Kier molecular flexibility index (Phi) is 3.06. The number of hydrogen-bond donors (Lipinski definition) is 3. The van der Waals surface area contributed by atoms with Crippen LogP contribution in [0.5, 0.6) is 0 Å². The standard InChI is InChI=1S/C14H18N2O2/c17-10-7-13(15-8-10)14(18)16-12-6-5-9-3-1-2-4-11(9)12/h1-4,10,12-13,15,17H,5-8H2,(H,16,18)/t10-,12+,13+/m0/s1. The number of hydrogen-bond acceptors (Lipinski definition) is 3. The van der Waals surface area contributed by atoms with Crippen LogP contribution in [0.2, 0.25) is 0 Å². The van der Waals surface area contributed by atoms with Gasteiger partial charge in [-0.15, -0.1) is 0 Å². The van der Waals surface area contributed by atoms with E-state index in [2.05, 4.69) is 22.8 Å². The van der Waals surface area contributed by atoms with Crippen molar-refractivity contribution in [1.82, 2.24) is 10.6 Å². The number of carbonyl (C=O) groups excluding carboxylic acids is 1. The molecule has 4 nitrogen and oxygen atoms in total. The minimum absolute atomic E-state index is 0.00764. The number of β-amino-alcohol motifs (C(OH)–C–C–N with tert-alkyl or cyclic N) is 1. The molecule has 1 amide bonds. The van der Waals surface area contributed by atoms with E-state index in [1.54, 1.807) is 0 Å². The smallest absolute Gasteiger partial charge is 0.237 e. The number of aliphatic hydroxyl groups is 1. The maximum absolute atomic E-state index is 12.1. The van der Waals surface area contributed by atoms with Crippen LogP contribution in [0.1, 0.15) is 30.0 Å². The summed E-state index contributed by atoms with van der Waals surface area (Å²) in [4.78, 5) is 12.1. The van der Waals surface area contributed by atoms with Crippen molar-refractivity contribution in [3.05, 3.63) is 35.4 Å². The van der Waals surface area contributed by atoms with Crippen LogP contribution in [0.15, 0.2) is 24.3 Å². The Morgan fingerprint density at radius 1 is 1.39 bits per heavy atom. The summed E-state index contributed by atoms with van der Waals surface area (Å²) in [7, 11) is 0. The lowest BCUT2D eigenvalue weighted by atomic mass is 10.1. The highest BCUT2D eigenvalue weighted by molar-refractivity contribution is 5.82. The van der Waals surface area contributed by atoms with Crippen LogP contribution >= 0.6 is 0 Å². The molecule has 96 valence electrons. The third-order valence-corrected chi connectivity index (χ3v) is 3.87. The van der Waals surface area contributed by atoms with Gasteiger partial charge in [-0.2, -0.15) is 0 Å². The molecule has 0 spiro atoms. The molecule has 18 heavy (non-hydrogen) atoms. The molecule has 1 saturated heterocycles. The van der Waals surface area contributed by atoms with E-state index >= 15 is 0 Å². The zero-order valence-electron chi connectivity index (χ0n) is 10.2. The first-order valence-corrected chi connectivity index (χ1v) is 6.53. The second-order valence-electron chi connectivity index (χ2n) is 5.15. The topological polar surface area (TPSA) is 61.4 Å². The van der Waals surface area contributed by atoms with Crippen molar-refractivity contribution in [2.24, 2.45) is 0 Å². The van der Waals surface area contributed by atoms with Gasteiger partial charge in [0.15, 0.2) is 0 Å². The first-order valence-electron chi connectivity index (χ1n) is 6.53. The van der Waals surface area contributed by atoms with Gasteiger partial charge in [-0.1, -0.05) is 24.3 Å². The van der Waals surface area contributed by atoms with E-state index in [1.807, 2.05) is 12.1 Å². The van der Waals surface area contributed by atoms with Gasteiger partial charge in [-0.05, 0) is 30.4 Å². The third kappa shape index (κ3) is 2.13. The van der Waals surface area contributed by atoms with Gasteiger partial charge in [0.2, 0.25) is 5.91 Å². The van der Waals surface area contributed by atoms with Gasteiger partial charge >= 0.3 is 0 Å². The number of rotatable bonds is 2. The Morgan fingerprint density at radius 3 is 3.00 bits per heavy atom. The van der Waals surface area contributed by atoms with Crippen LogP contribution in [0.4, 0.5) is 0 Å². The molecule has 1 aromatic rings. The van der Waals surface area contributed by atoms with E-state index in [4.69, 9.17) is 0 Å². The minimum Gasteiger partial charge on any atom is -0.392 e. The average molecular weight is 246 g/mol. The van der Waals surface area contributed by atoms with Crippen LogP contribution in [-0.2, 0) is 11.2 Å². The summed E-state index contributed by atoms with van der Waals surface area (Å²) in [6.45, 7) is 0.513. The Labute approximate surface area is 106 Å². The molecule has 1 aromatic carbocycles. The summed E-state index contributed by atoms with van der Waals surface area (Å²) in [6, 6.07) is 8.16. The normalized spacial score (nSPS) is 30.2. The van der Waals surface area contributed by atoms with Crippen LogP contribution in [0.25, 0.3) is 0 Å². The van der Waals surface area contributed by atoms with Gasteiger partial charge in [0.05, 0.1) is 18.2 Å². The fraction of sp³-hybridized carbons (Fsp3) is 0.500. The zero-order chi connectivity index (χ0) is 12.5. The van der Waals surface area contributed by atoms with E-state index in [0.717, 1.165) is 12.8 Å². The predicted molar refractivity (Wildman–Crippen MR) is 68.1 cm³/mol. The largest absolute Gasteiger partial charge is 0.392 e. The number of fused-ring (bicyclic) bond motifs is 1. The van der Waals surface area contributed by atoms with Crippen LogP contribution in [-0.4, -0.2) is 29.7 Å². The first kappa shape index (κ1) is 11.7. The van der Waals surface area contributed by atoms with Crippen molar-refractivity contribution < 1.29 is 9.90 Å². The number of carbonyl (C=O) groups is 1. The van der Waals surface area contributed by atoms with Crippen molar-refractivity contribution in [2.45, 2.75) is 37.5 Å². The molecule has 1 aliphatic carbocycles. The molecule has 3 rings (SSSR count). The number of aryl methyl sites for hydroxylation is 1. The third-order valence-electron chi connectivity index (χ3n) is 3.87. The first-order chi connectivity index (χ1) is 8.74. The summed E-state index contributed by atoms with van der Waals surface area (Å²) < 4.78 is 0. The van der Waals surface area contributed by atoms with Crippen molar-refractivity contribution in [1.29, 1.82) is 0 Å². The van der Waals surface area contributed by atoms with E-state index in [9.17, 15) is 9.90 Å². The van der Waals surface area contributed by atoms with Gasteiger partial charge in [0.25, 0.3) is 0 Å². The second-order valence-corrected chi connectivity index (χ2v) is 5.15. The molecule has 4 heteroatoms. The van der Waals surface area contributed by atoms with Crippen LogP contribution in [0.3, 0.4) is 0 Å². The molecule has 1 aliphatic heterocycles. The molecule has 0 unspecified atom stereocenters. The molecule has 2 aliphatic rings. The van der Waals surface area contributed by atoms with Crippen molar-refractivity contribution >= 4 is 5.91 Å². The number of aliphatic hydroxyl groups excluding tert-OH is 1. The van der Waals surface area contributed by atoms with Gasteiger partial charge in [0, 0.05) is 6.54 Å². The van der Waals surface area contributed by atoms with Crippen molar-refractivity contribution in [3.8, 4) is 0 Å². The van der Waals surface area contributed by atoms with Crippen LogP contribution in [0, 0.1) is 0 Å². The summed E-state index contributed by atoms with van der Waals surface area (Å²) in [5, 5.41) is 15.6. The predicted octanol–water partition coefficient (Wildman–Crippen LogP) is 0.513. The molecule has 3 atom stereocenters. The minimum atomic E-state index is -0.392. The molecule has 0 saturated carbocycles. The Hall–Kier alpha value is -1.39. The highest BCUT2D eigenvalue weighted by atomic mass is 16.3. The summed E-state index contributed by atoms with van der Waals surface area (Å²) >= 11 is 0. The zero-order valence-corrected chi connectivity index (χ0v) is 10.2. The maximum Gasteiger partial charge on any atom is 0.237 e. The SMILES string of the molecule is O=C(N[C@@H]1CCc2ccccc21)[C@H]1C[C@H](O)CN1. The Bertz CT molecular complexity index is 461. The fourth-order valence-electron chi connectivity index (χ4n) is 2.90. The monoisotopic (exact) mass is 246 g/mol. The quantitative estimate of drug-likeness (QED) is 0.712. The van der Waals surface area contributed by atoms with Gasteiger partial charge in [0.1, 0.15) is 0 Å². The van der Waals surface area contributed by atoms with Gasteiger partial charge in [-0.3, -0.25) is 4.79 Å². The number of nitrogens with one attached hydrogen (secondary N) is 2. The van der Waals surface area contributed by atoms with E-state index < -0.39 is 6.10 Å². The van der Waals surface area contributed by atoms with Crippen LogP contribution < -0.4 is 10.6 Å². The second kappa shape index (κ2) is 4.71. The van der Waals surface area contributed by atoms with Gasteiger partial charge in [-0.25, -0.2) is 0 Å². The van der Waals surface area contributed by atoms with Crippen molar-refractivity contribution in [3.63, 3.8) is 0 Å². The number of benzene rings is 1. The van der Waals surface area contributed by atoms with Crippen molar-refractivity contribution in [2.75, 3.05) is 6.54 Å². The molecule has 1 heterocycles. The Balaban J connectivity index is 1.66. The lowest BCUT2D eigenvalue weighted by Gasteiger charge is -2.17. The maximum atomic E-state index is 12.1. The number of amides is 1. The fourth-order valence-corrected chi connectivity index (χ4v) is 2.90. The summed E-state index contributed by atoms with van der Waals surface area (Å²) in [5.41, 5.74) is 2.58. The molecular weight excluding hydrogens is 228 g/mol. The Morgan fingerprint density at radius 2 is 2.22 bits per heavy atom.